The van der Waals surface area contributed by atoms with Gasteiger partial charge in [-0.05, 0) is 17.2 Å². The van der Waals surface area contributed by atoms with Crippen LogP contribution in [-0.4, -0.2) is 19.7 Å². The molecule has 0 atom stereocenters. The summed E-state index contributed by atoms with van der Waals surface area (Å²) in [5.41, 5.74) is 4.66. The van der Waals surface area contributed by atoms with Gasteiger partial charge in [0, 0.05) is 24.2 Å². The van der Waals surface area contributed by atoms with E-state index in [0.29, 0.717) is 6.54 Å². The zero-order chi connectivity index (χ0) is 17.1. The van der Waals surface area contributed by atoms with Gasteiger partial charge in [0.15, 0.2) is 5.65 Å². The predicted molar refractivity (Wildman–Crippen MR) is 98.1 cm³/mol. The van der Waals surface area contributed by atoms with E-state index in [-0.39, 0.29) is 6.61 Å². The minimum atomic E-state index is 0.0158. The maximum absolute atomic E-state index is 9.37. The van der Waals surface area contributed by atoms with Gasteiger partial charge in [-0.3, -0.25) is 0 Å². The summed E-state index contributed by atoms with van der Waals surface area (Å²) >= 11 is 0. The van der Waals surface area contributed by atoms with E-state index >= 15 is 0 Å². The Bertz CT molecular complexity index is 995. The molecular weight excluding hydrogens is 312 g/mol. The van der Waals surface area contributed by atoms with Crippen molar-refractivity contribution < 1.29 is 5.11 Å². The summed E-state index contributed by atoms with van der Waals surface area (Å²) < 4.78 is 1.79. The molecule has 0 unspecified atom stereocenters. The Kier molecular flexibility index (Phi) is 4.14. The highest BCUT2D eigenvalue weighted by molar-refractivity contribution is 5.67. The van der Waals surface area contributed by atoms with Crippen LogP contribution < -0.4 is 5.32 Å². The lowest BCUT2D eigenvalue weighted by atomic mass is 10.1. The van der Waals surface area contributed by atoms with E-state index in [9.17, 15) is 5.11 Å². The molecule has 0 fully saturated rings. The first-order chi connectivity index (χ1) is 12.3. The topological polar surface area (TPSA) is 62.5 Å². The number of aliphatic hydroxyl groups is 1. The van der Waals surface area contributed by atoms with Gasteiger partial charge in [-0.25, -0.2) is 4.98 Å². The van der Waals surface area contributed by atoms with E-state index in [2.05, 4.69) is 27.5 Å². The second-order valence-electron chi connectivity index (χ2n) is 5.83. The number of fused-ring (bicyclic) bond motifs is 1. The average molecular weight is 330 g/mol. The molecule has 2 aromatic carbocycles. The Morgan fingerprint density at radius 3 is 2.60 bits per heavy atom. The molecule has 4 rings (SSSR count). The van der Waals surface area contributed by atoms with Crippen molar-refractivity contribution in [3.63, 3.8) is 0 Å². The fraction of sp³-hybridized carbons (Fsp3) is 0.100. The molecule has 124 valence electrons. The van der Waals surface area contributed by atoms with E-state index in [1.54, 1.807) is 10.7 Å². The van der Waals surface area contributed by atoms with Crippen LogP contribution in [0.2, 0.25) is 0 Å². The minimum Gasteiger partial charge on any atom is -0.392 e. The highest BCUT2D eigenvalue weighted by Gasteiger charge is 2.08. The number of aliphatic hydroxyl groups excluding tert-OH is 1. The van der Waals surface area contributed by atoms with Crippen LogP contribution in [0.3, 0.4) is 0 Å². The maximum Gasteiger partial charge on any atom is 0.157 e. The first-order valence-corrected chi connectivity index (χ1v) is 8.16. The van der Waals surface area contributed by atoms with Crippen molar-refractivity contribution in [1.29, 1.82) is 0 Å². The van der Waals surface area contributed by atoms with Crippen LogP contribution >= 0.6 is 0 Å². The molecule has 0 saturated heterocycles. The molecule has 2 N–H and O–H groups in total. The van der Waals surface area contributed by atoms with Gasteiger partial charge in [-0.2, -0.15) is 9.61 Å². The second kappa shape index (κ2) is 6.75. The molecule has 0 spiro atoms. The summed E-state index contributed by atoms with van der Waals surface area (Å²) in [5.74, 6) is 0.878. The number of nitrogens with zero attached hydrogens (tertiary/aromatic N) is 3. The van der Waals surface area contributed by atoms with Gasteiger partial charge < -0.3 is 10.4 Å². The molecule has 0 saturated carbocycles. The number of aromatic nitrogens is 3. The Labute approximate surface area is 145 Å². The lowest BCUT2D eigenvalue weighted by Crippen LogP contribution is -2.06. The first-order valence-electron chi connectivity index (χ1n) is 8.16. The molecular formula is C20H18N4O. The van der Waals surface area contributed by atoms with Crippen molar-refractivity contribution in [3.8, 4) is 11.3 Å². The number of rotatable bonds is 5. The van der Waals surface area contributed by atoms with E-state index in [0.717, 1.165) is 28.3 Å². The third kappa shape index (κ3) is 3.22. The maximum atomic E-state index is 9.37. The second-order valence-corrected chi connectivity index (χ2v) is 5.83. The van der Waals surface area contributed by atoms with Crippen molar-refractivity contribution >= 4 is 11.5 Å². The van der Waals surface area contributed by atoms with Crippen LogP contribution in [-0.2, 0) is 13.2 Å². The lowest BCUT2D eigenvalue weighted by molar-refractivity contribution is 0.282. The summed E-state index contributed by atoms with van der Waals surface area (Å²) in [6.45, 7) is 0.720. The average Bonchev–Trinajstić information content (AvgIpc) is 3.15. The van der Waals surface area contributed by atoms with Crippen molar-refractivity contribution in [2.24, 2.45) is 0 Å². The van der Waals surface area contributed by atoms with Gasteiger partial charge in [0.1, 0.15) is 5.82 Å². The van der Waals surface area contributed by atoms with Gasteiger partial charge in [-0.1, -0.05) is 48.5 Å². The zero-order valence-corrected chi connectivity index (χ0v) is 13.6. The van der Waals surface area contributed by atoms with Gasteiger partial charge in [0.2, 0.25) is 0 Å². The molecule has 0 bridgehead atoms. The standard InChI is InChI=1S/C20H18N4O/c25-14-16-7-4-8-17(11-16)18-12-20(24-19(23-18)9-10-22-24)21-13-15-5-2-1-3-6-15/h1-12,21,25H,13-14H2. The molecule has 2 heterocycles. The third-order valence-electron chi connectivity index (χ3n) is 4.08. The highest BCUT2D eigenvalue weighted by Crippen LogP contribution is 2.23. The van der Waals surface area contributed by atoms with Crippen molar-refractivity contribution in [2.75, 3.05) is 5.32 Å². The molecule has 0 radical (unpaired) electrons. The van der Waals surface area contributed by atoms with Gasteiger partial charge in [0.05, 0.1) is 18.5 Å². The van der Waals surface area contributed by atoms with Crippen LogP contribution in [0.15, 0.2) is 72.9 Å². The number of hydrogen-bond acceptors (Lipinski definition) is 4. The van der Waals surface area contributed by atoms with Gasteiger partial charge in [0.25, 0.3) is 0 Å². The Morgan fingerprint density at radius 2 is 1.76 bits per heavy atom. The largest absolute Gasteiger partial charge is 0.392 e. The quantitative estimate of drug-likeness (QED) is 0.588. The Morgan fingerprint density at radius 1 is 0.920 bits per heavy atom. The zero-order valence-electron chi connectivity index (χ0n) is 13.6. The monoisotopic (exact) mass is 330 g/mol. The molecule has 5 nitrogen and oxygen atoms in total. The summed E-state index contributed by atoms with van der Waals surface area (Å²) in [7, 11) is 0. The fourth-order valence-electron chi connectivity index (χ4n) is 2.80. The van der Waals surface area contributed by atoms with E-state index in [1.807, 2.05) is 54.6 Å². The number of nitrogens with one attached hydrogen (secondary N) is 1. The summed E-state index contributed by atoms with van der Waals surface area (Å²) in [5, 5.41) is 17.2. The number of anilines is 1. The van der Waals surface area contributed by atoms with Crippen LogP contribution in [0.1, 0.15) is 11.1 Å². The van der Waals surface area contributed by atoms with Crippen molar-refractivity contribution in [3.05, 3.63) is 84.1 Å². The van der Waals surface area contributed by atoms with Gasteiger partial charge in [-0.15, -0.1) is 0 Å². The normalized spacial score (nSPS) is 10.9. The highest BCUT2D eigenvalue weighted by atomic mass is 16.3. The molecule has 2 aromatic heterocycles. The fourth-order valence-corrected chi connectivity index (χ4v) is 2.80. The smallest absolute Gasteiger partial charge is 0.157 e. The van der Waals surface area contributed by atoms with Crippen LogP contribution in [0.5, 0.6) is 0 Å². The van der Waals surface area contributed by atoms with Crippen molar-refractivity contribution in [1.82, 2.24) is 14.6 Å². The van der Waals surface area contributed by atoms with Crippen LogP contribution in [0, 0.1) is 0 Å². The molecule has 25 heavy (non-hydrogen) atoms. The Hall–Kier alpha value is -3.18. The molecule has 4 aromatic rings. The van der Waals surface area contributed by atoms with Crippen LogP contribution in [0.4, 0.5) is 5.82 Å². The lowest BCUT2D eigenvalue weighted by Gasteiger charge is -2.11. The minimum absolute atomic E-state index is 0.0158. The summed E-state index contributed by atoms with van der Waals surface area (Å²) in [6.07, 6.45) is 1.74. The van der Waals surface area contributed by atoms with Gasteiger partial charge >= 0.3 is 0 Å². The van der Waals surface area contributed by atoms with Crippen LogP contribution in [0.25, 0.3) is 16.9 Å². The molecule has 0 amide bonds. The molecule has 5 heteroatoms. The predicted octanol–water partition coefficient (Wildman–Crippen LogP) is 3.50. The van der Waals surface area contributed by atoms with Crippen molar-refractivity contribution in [2.45, 2.75) is 13.2 Å². The first kappa shape index (κ1) is 15.4. The molecule has 0 aliphatic carbocycles. The Balaban J connectivity index is 1.71. The number of benzene rings is 2. The van der Waals surface area contributed by atoms with E-state index in [1.165, 1.54) is 5.56 Å². The van der Waals surface area contributed by atoms with E-state index < -0.39 is 0 Å². The third-order valence-corrected chi connectivity index (χ3v) is 4.08. The summed E-state index contributed by atoms with van der Waals surface area (Å²) in [4.78, 5) is 4.68. The summed E-state index contributed by atoms with van der Waals surface area (Å²) in [6, 6.07) is 21.9. The molecule has 0 aliphatic rings. The SMILES string of the molecule is OCc1cccc(-c2cc(NCc3ccccc3)n3nccc3n2)c1. The number of hydrogen-bond donors (Lipinski definition) is 2. The van der Waals surface area contributed by atoms with E-state index in [4.69, 9.17) is 0 Å². The molecule has 0 aliphatic heterocycles.